The number of carboxylic acid groups (broad SMARTS) is 1. The van der Waals surface area contributed by atoms with Crippen LogP contribution in [-0.4, -0.2) is 22.6 Å². The molecule has 1 heterocycles. The number of rotatable bonds is 5. The molecule has 0 bridgehead atoms. The molecule has 1 aromatic carbocycles. The highest BCUT2D eigenvalue weighted by Gasteiger charge is 2.16. The molecule has 0 aromatic heterocycles. The summed E-state index contributed by atoms with van der Waals surface area (Å²) in [5, 5.41) is 8.82. The second kappa shape index (κ2) is 7.24. The fraction of sp³-hybridized carbons (Fsp3) is 0.357. The minimum absolute atomic E-state index is 0.177. The highest BCUT2D eigenvalue weighted by atomic mass is 32.2. The third kappa shape index (κ3) is 4.05. The Labute approximate surface area is 127 Å². The number of hydrazine groups is 1. The maximum atomic E-state index is 10.8. The van der Waals surface area contributed by atoms with Crippen molar-refractivity contribution in [2.75, 3.05) is 11.5 Å². The Kier molecular flexibility index (Phi) is 5.35. The zero-order valence-corrected chi connectivity index (χ0v) is 12.4. The number of thioether (sulfide) groups is 1. The van der Waals surface area contributed by atoms with Gasteiger partial charge in [0.1, 0.15) is 5.75 Å². The van der Waals surface area contributed by atoms with Crippen molar-refractivity contribution >= 4 is 17.7 Å². The normalized spacial score (nSPS) is 17.0. The Balaban J connectivity index is 2.08. The third-order valence-electron chi connectivity index (χ3n) is 3.40. The molecular formula is C14H19N3O3S. The van der Waals surface area contributed by atoms with Gasteiger partial charge in [-0.1, -0.05) is 12.1 Å². The van der Waals surface area contributed by atoms with Crippen molar-refractivity contribution in [1.82, 2.24) is 5.43 Å². The van der Waals surface area contributed by atoms with Gasteiger partial charge in [0, 0.05) is 0 Å². The first-order valence-electron chi connectivity index (χ1n) is 6.67. The molecule has 0 atom stereocenters. The molecule has 0 aliphatic carbocycles. The lowest BCUT2D eigenvalue weighted by molar-refractivity contribution is -0.132. The maximum absolute atomic E-state index is 10.8. The van der Waals surface area contributed by atoms with Gasteiger partial charge in [-0.3, -0.25) is 5.43 Å². The molecular weight excluding hydrogens is 290 g/mol. The van der Waals surface area contributed by atoms with E-state index >= 15 is 0 Å². The fourth-order valence-electron chi connectivity index (χ4n) is 2.22. The monoisotopic (exact) mass is 309 g/mol. The summed E-state index contributed by atoms with van der Waals surface area (Å²) in [6, 6.07) is 7.59. The second-order valence-corrected chi connectivity index (χ2v) is 5.97. The summed E-state index contributed by atoms with van der Waals surface area (Å²) in [7, 11) is 0. The van der Waals surface area contributed by atoms with Crippen LogP contribution in [0.25, 0.3) is 0 Å². The van der Waals surface area contributed by atoms with Crippen LogP contribution in [0.15, 0.2) is 35.8 Å². The molecule has 0 amide bonds. The predicted molar refractivity (Wildman–Crippen MR) is 82.5 cm³/mol. The van der Waals surface area contributed by atoms with E-state index < -0.39 is 11.7 Å². The van der Waals surface area contributed by atoms with Crippen LogP contribution in [0.1, 0.15) is 24.3 Å². The van der Waals surface area contributed by atoms with Crippen molar-refractivity contribution in [3.8, 4) is 5.75 Å². The van der Waals surface area contributed by atoms with Gasteiger partial charge >= 0.3 is 5.97 Å². The summed E-state index contributed by atoms with van der Waals surface area (Å²) in [5.41, 5.74) is 8.35. The average Bonchev–Trinajstić information content (AvgIpc) is 2.53. The molecule has 1 fully saturated rings. The molecule has 0 radical (unpaired) electrons. The summed E-state index contributed by atoms with van der Waals surface area (Å²) in [6.07, 6.45) is 2.37. The minimum atomic E-state index is -1.29. The fourth-order valence-corrected chi connectivity index (χ4v) is 3.32. The molecule has 6 N–H and O–H groups in total. The summed E-state index contributed by atoms with van der Waals surface area (Å²) >= 11 is 1.99. The van der Waals surface area contributed by atoms with Crippen molar-refractivity contribution < 1.29 is 14.6 Å². The van der Waals surface area contributed by atoms with Crippen molar-refractivity contribution in [1.29, 1.82) is 0 Å². The first-order valence-corrected chi connectivity index (χ1v) is 7.82. The number of hydrogen-bond donors (Lipinski definition) is 4. The van der Waals surface area contributed by atoms with E-state index in [2.05, 4.69) is 5.43 Å². The average molecular weight is 309 g/mol. The Morgan fingerprint density at radius 1 is 1.29 bits per heavy atom. The number of aliphatic carboxylic acids is 1. The third-order valence-corrected chi connectivity index (χ3v) is 4.45. The van der Waals surface area contributed by atoms with E-state index in [1.54, 1.807) is 12.1 Å². The number of nitrogens with one attached hydrogen (secondary N) is 1. The zero-order valence-electron chi connectivity index (χ0n) is 11.5. The lowest BCUT2D eigenvalue weighted by Gasteiger charge is -2.21. The smallest absolute Gasteiger partial charge is 0.357 e. The van der Waals surface area contributed by atoms with Crippen molar-refractivity contribution in [2.45, 2.75) is 18.8 Å². The number of nitrogens with two attached hydrogens (primary N) is 2. The molecule has 6 nitrogen and oxygen atoms in total. The zero-order chi connectivity index (χ0) is 15.2. The highest BCUT2D eigenvalue weighted by Crippen LogP contribution is 2.32. The summed E-state index contributed by atoms with van der Waals surface area (Å²) in [6.45, 7) is 0. The van der Waals surface area contributed by atoms with Gasteiger partial charge in [0.15, 0.2) is 5.70 Å². The Bertz CT molecular complexity index is 525. The standard InChI is InChI=1S/C14H19N3O3S/c15-12(14(18)19)13(17-16)20-11-3-1-9(2-4-11)10-5-7-21-8-6-10/h1-4,10,17H,5-8,15-16H2,(H,18,19)/b13-12+. The maximum Gasteiger partial charge on any atom is 0.357 e. The van der Waals surface area contributed by atoms with Gasteiger partial charge in [-0.15, -0.1) is 0 Å². The first-order chi connectivity index (χ1) is 10.1. The molecule has 0 spiro atoms. The molecule has 21 heavy (non-hydrogen) atoms. The number of ether oxygens (including phenoxy) is 1. The van der Waals surface area contributed by atoms with Crippen LogP contribution < -0.4 is 21.7 Å². The lowest BCUT2D eigenvalue weighted by atomic mass is 9.93. The molecule has 0 saturated carbocycles. The molecule has 1 aliphatic heterocycles. The van der Waals surface area contributed by atoms with Crippen molar-refractivity contribution in [2.24, 2.45) is 11.6 Å². The summed E-state index contributed by atoms with van der Waals surface area (Å²) in [4.78, 5) is 10.8. The summed E-state index contributed by atoms with van der Waals surface area (Å²) < 4.78 is 5.36. The minimum Gasteiger partial charge on any atom is -0.476 e. The van der Waals surface area contributed by atoms with Crippen LogP contribution >= 0.6 is 11.8 Å². The Morgan fingerprint density at radius 2 is 1.90 bits per heavy atom. The van der Waals surface area contributed by atoms with Crippen LogP contribution in [0.3, 0.4) is 0 Å². The summed E-state index contributed by atoms with van der Waals surface area (Å²) in [5.74, 6) is 7.23. The Morgan fingerprint density at radius 3 is 2.43 bits per heavy atom. The molecule has 0 unspecified atom stereocenters. The number of carbonyl (C=O) groups is 1. The van der Waals surface area contributed by atoms with E-state index in [9.17, 15) is 4.79 Å². The first kappa shape index (κ1) is 15.5. The SMILES string of the molecule is NN/C(Oc1ccc(C2CCSCC2)cc1)=C(\N)C(=O)O. The molecule has 1 aromatic rings. The van der Waals surface area contributed by atoms with Gasteiger partial charge < -0.3 is 15.6 Å². The number of carboxylic acids is 1. The second-order valence-electron chi connectivity index (χ2n) is 4.75. The van der Waals surface area contributed by atoms with Gasteiger partial charge in [-0.05, 0) is 48.0 Å². The molecule has 114 valence electrons. The highest BCUT2D eigenvalue weighted by molar-refractivity contribution is 7.99. The van der Waals surface area contributed by atoms with E-state index in [0.717, 1.165) is 0 Å². The predicted octanol–water partition coefficient (Wildman–Crippen LogP) is 1.35. The van der Waals surface area contributed by atoms with Crippen LogP contribution in [0.4, 0.5) is 0 Å². The van der Waals surface area contributed by atoms with Gasteiger partial charge in [0.2, 0.25) is 5.88 Å². The van der Waals surface area contributed by atoms with Gasteiger partial charge in [0.25, 0.3) is 0 Å². The van der Waals surface area contributed by atoms with Gasteiger partial charge in [-0.2, -0.15) is 11.8 Å². The quantitative estimate of drug-likeness (QED) is 0.281. The van der Waals surface area contributed by atoms with Crippen molar-refractivity contribution in [3.63, 3.8) is 0 Å². The van der Waals surface area contributed by atoms with E-state index in [1.165, 1.54) is 29.9 Å². The lowest BCUT2D eigenvalue weighted by Crippen LogP contribution is -2.31. The topological polar surface area (TPSA) is 111 Å². The number of benzene rings is 1. The van der Waals surface area contributed by atoms with Crippen LogP contribution in [-0.2, 0) is 4.79 Å². The van der Waals surface area contributed by atoms with Crippen LogP contribution in [0, 0.1) is 0 Å². The van der Waals surface area contributed by atoms with E-state index in [1.807, 2.05) is 23.9 Å². The van der Waals surface area contributed by atoms with Crippen LogP contribution in [0.5, 0.6) is 5.75 Å². The van der Waals surface area contributed by atoms with E-state index in [-0.39, 0.29) is 5.88 Å². The molecule has 7 heteroatoms. The van der Waals surface area contributed by atoms with Gasteiger partial charge in [0.05, 0.1) is 0 Å². The van der Waals surface area contributed by atoms with E-state index in [0.29, 0.717) is 11.7 Å². The number of hydrogen-bond acceptors (Lipinski definition) is 6. The molecule has 1 aliphatic rings. The van der Waals surface area contributed by atoms with E-state index in [4.69, 9.17) is 21.4 Å². The molecule has 1 saturated heterocycles. The van der Waals surface area contributed by atoms with Crippen LogP contribution in [0.2, 0.25) is 0 Å². The van der Waals surface area contributed by atoms with Crippen molar-refractivity contribution in [3.05, 3.63) is 41.4 Å². The Hall–Kier alpha value is -1.86. The largest absolute Gasteiger partial charge is 0.476 e. The van der Waals surface area contributed by atoms with Gasteiger partial charge in [-0.25, -0.2) is 10.6 Å². The molecule has 2 rings (SSSR count).